The lowest BCUT2D eigenvalue weighted by molar-refractivity contribution is 0.660. The third kappa shape index (κ3) is 5.54. The monoisotopic (exact) mass is 840 g/mol. The largest absolute Gasteiger partial charge is 0.308 e. The van der Waals surface area contributed by atoms with Crippen molar-refractivity contribution in [2.45, 2.75) is 38.8 Å². The van der Waals surface area contributed by atoms with Gasteiger partial charge in [0, 0.05) is 36.4 Å². The molecule has 10 aromatic rings. The molecule has 0 spiro atoms. The molecule has 0 bridgehead atoms. The molecule has 0 radical (unpaired) electrons. The minimum atomic E-state index is -0.127. The van der Waals surface area contributed by atoms with E-state index >= 15 is 0 Å². The second kappa shape index (κ2) is 14.0. The van der Waals surface area contributed by atoms with Gasteiger partial charge < -0.3 is 9.80 Å². The Morgan fingerprint density at radius 1 is 0.333 bits per heavy atom. The van der Waals surface area contributed by atoms with E-state index in [9.17, 15) is 0 Å². The van der Waals surface area contributed by atoms with E-state index in [0.29, 0.717) is 0 Å². The Balaban J connectivity index is 1.13. The SMILES string of the molecule is CC1(C)c2ccccc2-c2ccc(-c3c4ccc(N5c6ccccc6Sc6ccccc65)cc4c(-c4ccccc4)c4cc(N5c6ccccc6Sc6ccccc65)ccc34)cc21. The van der Waals surface area contributed by atoms with Gasteiger partial charge in [0.1, 0.15) is 0 Å². The lowest BCUT2D eigenvalue weighted by atomic mass is 9.80. The number of anilines is 6. The minimum absolute atomic E-state index is 0.127. The number of hydrogen-bond donors (Lipinski definition) is 0. The highest BCUT2D eigenvalue weighted by Gasteiger charge is 2.36. The van der Waals surface area contributed by atoms with Gasteiger partial charge in [-0.15, -0.1) is 0 Å². The Bertz CT molecular complexity index is 3270. The Labute approximate surface area is 376 Å². The first-order valence-electron chi connectivity index (χ1n) is 21.7. The second-order valence-corrected chi connectivity index (χ2v) is 19.4. The van der Waals surface area contributed by atoms with E-state index in [0.717, 1.165) is 11.4 Å². The van der Waals surface area contributed by atoms with Gasteiger partial charge in [-0.05, 0) is 145 Å². The van der Waals surface area contributed by atoms with Crippen LogP contribution in [0.4, 0.5) is 34.1 Å². The molecule has 4 heteroatoms. The summed E-state index contributed by atoms with van der Waals surface area (Å²) in [4.78, 5) is 9.94. The van der Waals surface area contributed by atoms with Gasteiger partial charge in [-0.2, -0.15) is 0 Å². The first-order valence-corrected chi connectivity index (χ1v) is 23.3. The fourth-order valence-corrected chi connectivity index (χ4v) is 12.7. The molecule has 0 aromatic heterocycles. The van der Waals surface area contributed by atoms with Crippen LogP contribution in [0.3, 0.4) is 0 Å². The molecule has 0 atom stereocenters. The summed E-state index contributed by atoms with van der Waals surface area (Å²) in [6.45, 7) is 4.77. The van der Waals surface area contributed by atoms with E-state index in [2.05, 4.69) is 230 Å². The van der Waals surface area contributed by atoms with Crippen LogP contribution >= 0.6 is 23.5 Å². The summed E-state index contributed by atoms with van der Waals surface area (Å²) in [5.74, 6) is 0. The van der Waals surface area contributed by atoms with E-state index in [4.69, 9.17) is 0 Å². The summed E-state index contributed by atoms with van der Waals surface area (Å²) in [5.41, 5.74) is 17.3. The van der Waals surface area contributed by atoms with Crippen LogP contribution in [0, 0.1) is 0 Å². The van der Waals surface area contributed by atoms with Gasteiger partial charge in [-0.3, -0.25) is 0 Å². The van der Waals surface area contributed by atoms with E-state index in [1.54, 1.807) is 0 Å². The van der Waals surface area contributed by atoms with Crippen LogP contribution < -0.4 is 9.80 Å². The van der Waals surface area contributed by atoms with Crippen LogP contribution in [0.5, 0.6) is 0 Å². The van der Waals surface area contributed by atoms with Gasteiger partial charge in [-0.25, -0.2) is 0 Å². The number of rotatable bonds is 4. The average molecular weight is 841 g/mol. The number of benzene rings is 10. The molecule has 298 valence electrons. The lowest BCUT2D eigenvalue weighted by Gasteiger charge is -2.34. The average Bonchev–Trinajstić information content (AvgIpc) is 3.56. The molecule has 10 aromatic carbocycles. The summed E-state index contributed by atoms with van der Waals surface area (Å²) in [6, 6.07) is 76.9. The van der Waals surface area contributed by atoms with Crippen LogP contribution in [0.25, 0.3) is 54.9 Å². The zero-order chi connectivity index (χ0) is 41.8. The topological polar surface area (TPSA) is 6.48 Å². The highest BCUT2D eigenvalue weighted by atomic mass is 32.2. The van der Waals surface area contributed by atoms with E-state index in [1.807, 2.05) is 23.5 Å². The fourth-order valence-electron chi connectivity index (χ4n) is 10.5. The molecule has 2 heterocycles. The minimum Gasteiger partial charge on any atom is -0.308 e. The Morgan fingerprint density at radius 3 is 1.29 bits per heavy atom. The fraction of sp³-hybridized carbons (Fsp3) is 0.0508. The molecule has 0 fully saturated rings. The van der Waals surface area contributed by atoms with E-state index in [-0.39, 0.29) is 5.41 Å². The lowest BCUT2D eigenvalue weighted by Crippen LogP contribution is -2.15. The van der Waals surface area contributed by atoms with Gasteiger partial charge in [0.2, 0.25) is 0 Å². The van der Waals surface area contributed by atoms with Gasteiger partial charge >= 0.3 is 0 Å². The molecule has 63 heavy (non-hydrogen) atoms. The number of fused-ring (bicyclic) bond motifs is 9. The van der Waals surface area contributed by atoms with Crippen LogP contribution in [-0.4, -0.2) is 0 Å². The van der Waals surface area contributed by atoms with Crippen molar-refractivity contribution >= 4 is 79.2 Å². The maximum absolute atomic E-state index is 2.50. The molecule has 0 amide bonds. The number of para-hydroxylation sites is 4. The van der Waals surface area contributed by atoms with Crippen molar-refractivity contribution in [1.29, 1.82) is 0 Å². The maximum Gasteiger partial charge on any atom is 0.0601 e. The van der Waals surface area contributed by atoms with Gasteiger partial charge in [-0.1, -0.05) is 165 Å². The van der Waals surface area contributed by atoms with Crippen molar-refractivity contribution in [3.05, 3.63) is 217 Å². The van der Waals surface area contributed by atoms with Crippen molar-refractivity contribution in [3.63, 3.8) is 0 Å². The number of nitrogens with zero attached hydrogens (tertiary/aromatic N) is 2. The first-order chi connectivity index (χ1) is 31.0. The van der Waals surface area contributed by atoms with Crippen molar-refractivity contribution in [3.8, 4) is 33.4 Å². The molecule has 0 saturated heterocycles. The molecule has 0 saturated carbocycles. The van der Waals surface area contributed by atoms with Crippen LogP contribution in [-0.2, 0) is 5.41 Å². The van der Waals surface area contributed by atoms with Crippen molar-refractivity contribution in [2.24, 2.45) is 0 Å². The summed E-state index contributed by atoms with van der Waals surface area (Å²) in [5, 5.41) is 4.93. The van der Waals surface area contributed by atoms with Gasteiger partial charge in [0.15, 0.2) is 0 Å². The zero-order valence-corrected chi connectivity index (χ0v) is 36.5. The maximum atomic E-state index is 2.50. The first kappa shape index (κ1) is 36.7. The summed E-state index contributed by atoms with van der Waals surface area (Å²) in [6.07, 6.45) is 0. The van der Waals surface area contributed by atoms with Crippen LogP contribution in [0.1, 0.15) is 25.0 Å². The third-order valence-electron chi connectivity index (χ3n) is 13.4. The van der Waals surface area contributed by atoms with Gasteiger partial charge in [0.05, 0.1) is 22.7 Å². The van der Waals surface area contributed by atoms with Crippen LogP contribution in [0.15, 0.2) is 226 Å². The normalized spacial score (nSPS) is 14.1. The third-order valence-corrected chi connectivity index (χ3v) is 15.7. The summed E-state index contributed by atoms with van der Waals surface area (Å²) >= 11 is 3.70. The predicted molar refractivity (Wildman–Crippen MR) is 268 cm³/mol. The predicted octanol–water partition coefficient (Wildman–Crippen LogP) is 17.5. The highest BCUT2D eigenvalue weighted by Crippen LogP contribution is 2.56. The molecule has 3 aliphatic rings. The Hall–Kier alpha value is -6.98. The summed E-state index contributed by atoms with van der Waals surface area (Å²) in [7, 11) is 0. The van der Waals surface area contributed by atoms with E-state index < -0.39 is 0 Å². The molecule has 0 unspecified atom stereocenters. The molecular formula is C59H40N2S2. The molecule has 1 aliphatic carbocycles. The molecule has 0 N–H and O–H groups in total. The Kier molecular flexibility index (Phi) is 8.16. The molecule has 13 rings (SSSR count). The number of hydrogen-bond acceptors (Lipinski definition) is 4. The quantitative estimate of drug-likeness (QED) is 0.163. The second-order valence-electron chi connectivity index (χ2n) is 17.3. The van der Waals surface area contributed by atoms with Crippen LogP contribution in [0.2, 0.25) is 0 Å². The Morgan fingerprint density at radius 2 is 0.762 bits per heavy atom. The smallest absolute Gasteiger partial charge is 0.0601 e. The van der Waals surface area contributed by atoms with Crippen molar-refractivity contribution in [2.75, 3.05) is 9.80 Å². The molecule has 2 aliphatic heterocycles. The molecule has 2 nitrogen and oxygen atoms in total. The molecular weight excluding hydrogens is 801 g/mol. The zero-order valence-electron chi connectivity index (χ0n) is 34.8. The van der Waals surface area contributed by atoms with Crippen molar-refractivity contribution < 1.29 is 0 Å². The van der Waals surface area contributed by atoms with E-state index in [1.165, 1.54) is 108 Å². The summed E-state index contributed by atoms with van der Waals surface area (Å²) < 4.78 is 0. The standard InChI is InChI=1S/C59H40N2S2/c1-59(2)47-19-7-6-18-41(47)42-31-28-38(34-48(42)59)58-43-32-29-39(60-49-20-8-12-24-53(49)62-54-25-13-9-21-50(54)60)35-45(43)57(37-16-4-3-5-17-37)46-36-40(30-33-44(46)58)61-51-22-10-14-26-55(51)63-56-27-15-11-23-52(56)61/h3-36H,1-2H3. The van der Waals surface area contributed by atoms with Crippen molar-refractivity contribution in [1.82, 2.24) is 0 Å². The highest BCUT2D eigenvalue weighted by molar-refractivity contribution is 8.00. The van der Waals surface area contributed by atoms with Gasteiger partial charge in [0.25, 0.3) is 0 Å².